The van der Waals surface area contributed by atoms with Crippen molar-refractivity contribution in [3.8, 4) is 11.8 Å². The lowest BCUT2D eigenvalue weighted by molar-refractivity contribution is 0.227. The molecule has 0 spiro atoms. The first kappa shape index (κ1) is 12.5. The van der Waals surface area contributed by atoms with Crippen molar-refractivity contribution in [1.29, 1.82) is 5.26 Å². The lowest BCUT2D eigenvalue weighted by atomic mass is 10.1. The highest BCUT2D eigenvalue weighted by molar-refractivity contribution is 6.32. The van der Waals surface area contributed by atoms with Gasteiger partial charge in [-0.2, -0.15) is 5.26 Å². The minimum atomic E-state index is -0.0864. The maximum atomic E-state index is 8.76. The fourth-order valence-corrected chi connectivity index (χ4v) is 1.87. The molecule has 0 heterocycles. The molecule has 0 radical (unpaired) electrons. The van der Waals surface area contributed by atoms with Crippen LogP contribution in [0, 0.1) is 11.3 Å². The molecule has 0 bridgehead atoms. The summed E-state index contributed by atoms with van der Waals surface area (Å²) in [5.74, 6) is 0.590. The fraction of sp³-hybridized carbons (Fsp3) is 0.133. The van der Waals surface area contributed by atoms with Crippen LogP contribution in [0.1, 0.15) is 24.2 Å². The second kappa shape index (κ2) is 5.57. The topological polar surface area (TPSA) is 33.0 Å². The van der Waals surface area contributed by atoms with Gasteiger partial charge in [0.1, 0.15) is 11.9 Å². The summed E-state index contributed by atoms with van der Waals surface area (Å²) in [5, 5.41) is 9.22. The summed E-state index contributed by atoms with van der Waals surface area (Å²) in [6.45, 7) is 1.96. The fourth-order valence-electron chi connectivity index (χ4n) is 1.65. The lowest BCUT2D eigenvalue weighted by Crippen LogP contribution is -2.03. The molecular weight excluding hydrogens is 246 g/mol. The zero-order chi connectivity index (χ0) is 13.0. The van der Waals surface area contributed by atoms with E-state index in [0.29, 0.717) is 16.3 Å². The molecule has 0 fully saturated rings. The van der Waals surface area contributed by atoms with Gasteiger partial charge in [-0.25, -0.2) is 0 Å². The van der Waals surface area contributed by atoms with Gasteiger partial charge in [0.25, 0.3) is 0 Å². The van der Waals surface area contributed by atoms with Crippen LogP contribution in [0.4, 0.5) is 0 Å². The highest BCUT2D eigenvalue weighted by Gasteiger charge is 2.09. The number of halogens is 1. The van der Waals surface area contributed by atoms with Gasteiger partial charge in [0.2, 0.25) is 0 Å². The molecule has 0 saturated heterocycles. The van der Waals surface area contributed by atoms with Gasteiger partial charge in [-0.15, -0.1) is 0 Å². The maximum Gasteiger partial charge on any atom is 0.138 e. The quantitative estimate of drug-likeness (QED) is 0.819. The van der Waals surface area contributed by atoms with E-state index in [0.717, 1.165) is 5.56 Å². The van der Waals surface area contributed by atoms with Crippen LogP contribution < -0.4 is 4.74 Å². The molecule has 1 atom stereocenters. The highest BCUT2D eigenvalue weighted by Crippen LogP contribution is 2.29. The van der Waals surface area contributed by atoms with E-state index < -0.39 is 0 Å². The van der Waals surface area contributed by atoms with Crippen molar-refractivity contribution in [2.45, 2.75) is 13.0 Å². The third-order valence-electron chi connectivity index (χ3n) is 2.63. The van der Waals surface area contributed by atoms with E-state index in [1.54, 1.807) is 18.2 Å². The van der Waals surface area contributed by atoms with Crippen LogP contribution in [-0.2, 0) is 0 Å². The lowest BCUT2D eigenvalue weighted by Gasteiger charge is -2.16. The molecule has 2 nitrogen and oxygen atoms in total. The largest absolute Gasteiger partial charge is 0.484 e. The number of benzene rings is 2. The number of rotatable bonds is 3. The Kier molecular flexibility index (Phi) is 3.86. The minimum absolute atomic E-state index is 0.0864. The van der Waals surface area contributed by atoms with Crippen molar-refractivity contribution in [3.63, 3.8) is 0 Å². The minimum Gasteiger partial charge on any atom is -0.484 e. The Hall–Kier alpha value is -1.98. The Morgan fingerprint density at radius 1 is 1.17 bits per heavy atom. The molecule has 90 valence electrons. The molecule has 0 unspecified atom stereocenters. The van der Waals surface area contributed by atoms with E-state index in [1.165, 1.54) is 0 Å². The number of nitriles is 1. The van der Waals surface area contributed by atoms with Gasteiger partial charge < -0.3 is 4.74 Å². The first-order chi connectivity index (χ1) is 8.70. The van der Waals surface area contributed by atoms with E-state index >= 15 is 0 Å². The van der Waals surface area contributed by atoms with Gasteiger partial charge >= 0.3 is 0 Å². The average Bonchev–Trinajstić information content (AvgIpc) is 2.42. The summed E-state index contributed by atoms with van der Waals surface area (Å²) in [7, 11) is 0. The van der Waals surface area contributed by atoms with Crippen LogP contribution in [0.3, 0.4) is 0 Å². The molecule has 0 amide bonds. The van der Waals surface area contributed by atoms with Crippen LogP contribution >= 0.6 is 11.6 Å². The summed E-state index contributed by atoms with van der Waals surface area (Å²) in [6, 6.07) is 17.0. The summed E-state index contributed by atoms with van der Waals surface area (Å²) >= 11 is 6.06. The van der Waals surface area contributed by atoms with Gasteiger partial charge in [-0.1, -0.05) is 41.9 Å². The van der Waals surface area contributed by atoms with E-state index in [-0.39, 0.29) is 6.10 Å². The predicted octanol–water partition coefficient (Wildman–Crippen LogP) is 4.35. The van der Waals surface area contributed by atoms with Crippen LogP contribution in [0.15, 0.2) is 48.5 Å². The van der Waals surface area contributed by atoms with Gasteiger partial charge in [0.15, 0.2) is 0 Å². The van der Waals surface area contributed by atoms with Crippen molar-refractivity contribution in [3.05, 3.63) is 64.7 Å². The standard InChI is InChI=1S/C15H12ClNO/c1-11(13-5-3-2-4-6-13)18-15-8-7-12(10-17)9-14(15)16/h2-9,11H,1H3/t11-/m0/s1. The van der Waals surface area contributed by atoms with Crippen LogP contribution in [0.25, 0.3) is 0 Å². The van der Waals surface area contributed by atoms with Crippen molar-refractivity contribution >= 4 is 11.6 Å². The monoisotopic (exact) mass is 257 g/mol. The van der Waals surface area contributed by atoms with Crippen molar-refractivity contribution in [2.75, 3.05) is 0 Å². The predicted molar refractivity (Wildman–Crippen MR) is 71.7 cm³/mol. The van der Waals surface area contributed by atoms with Gasteiger partial charge in [-0.05, 0) is 30.7 Å². The summed E-state index contributed by atoms with van der Waals surface area (Å²) in [6.07, 6.45) is -0.0864. The van der Waals surface area contributed by atoms with Gasteiger partial charge in [0, 0.05) is 0 Å². The molecule has 2 rings (SSSR count). The average molecular weight is 258 g/mol. The number of ether oxygens (including phenoxy) is 1. The van der Waals surface area contributed by atoms with Gasteiger partial charge in [0.05, 0.1) is 16.7 Å². The molecular formula is C15H12ClNO. The number of nitrogens with zero attached hydrogens (tertiary/aromatic N) is 1. The van der Waals surface area contributed by atoms with Crippen molar-refractivity contribution in [2.24, 2.45) is 0 Å². The first-order valence-corrected chi connectivity index (χ1v) is 6.00. The van der Waals surface area contributed by atoms with E-state index in [1.807, 2.05) is 43.3 Å². The Bertz CT molecular complexity index is 575. The second-order valence-corrected chi connectivity index (χ2v) is 4.33. The SMILES string of the molecule is C[C@H](Oc1ccc(C#N)cc1Cl)c1ccccc1. The zero-order valence-electron chi connectivity index (χ0n) is 9.93. The van der Waals surface area contributed by atoms with Crippen LogP contribution in [-0.4, -0.2) is 0 Å². The normalized spacial score (nSPS) is 11.6. The molecule has 0 aromatic heterocycles. The van der Waals surface area contributed by atoms with Crippen molar-refractivity contribution < 1.29 is 4.74 Å². The molecule has 0 saturated carbocycles. The molecule has 3 heteroatoms. The third kappa shape index (κ3) is 2.82. The van der Waals surface area contributed by atoms with E-state index in [4.69, 9.17) is 21.6 Å². The van der Waals surface area contributed by atoms with Crippen LogP contribution in [0.5, 0.6) is 5.75 Å². The Labute approximate surface area is 111 Å². The molecule has 0 aliphatic rings. The molecule has 0 aliphatic carbocycles. The molecule has 0 N–H and O–H groups in total. The second-order valence-electron chi connectivity index (χ2n) is 3.93. The molecule has 2 aromatic carbocycles. The molecule has 0 aliphatic heterocycles. The third-order valence-corrected chi connectivity index (χ3v) is 2.93. The Morgan fingerprint density at radius 3 is 2.50 bits per heavy atom. The zero-order valence-corrected chi connectivity index (χ0v) is 10.7. The maximum absolute atomic E-state index is 8.76. The van der Waals surface area contributed by atoms with Gasteiger partial charge in [-0.3, -0.25) is 0 Å². The smallest absolute Gasteiger partial charge is 0.138 e. The van der Waals surface area contributed by atoms with Crippen LogP contribution in [0.2, 0.25) is 5.02 Å². The molecule has 2 aromatic rings. The summed E-state index contributed by atoms with van der Waals surface area (Å²) < 4.78 is 5.79. The first-order valence-electron chi connectivity index (χ1n) is 5.62. The Balaban J connectivity index is 2.18. The molecule has 18 heavy (non-hydrogen) atoms. The highest BCUT2D eigenvalue weighted by atomic mass is 35.5. The van der Waals surface area contributed by atoms with E-state index in [9.17, 15) is 0 Å². The summed E-state index contributed by atoms with van der Waals surface area (Å²) in [5.41, 5.74) is 1.61. The Morgan fingerprint density at radius 2 is 1.89 bits per heavy atom. The number of hydrogen-bond donors (Lipinski definition) is 0. The van der Waals surface area contributed by atoms with Crippen molar-refractivity contribution in [1.82, 2.24) is 0 Å². The number of hydrogen-bond acceptors (Lipinski definition) is 2. The van der Waals surface area contributed by atoms with E-state index in [2.05, 4.69) is 0 Å². The summed E-state index contributed by atoms with van der Waals surface area (Å²) in [4.78, 5) is 0.